The van der Waals surface area contributed by atoms with Crippen molar-refractivity contribution >= 4 is 12.6 Å². The molecule has 0 bridgehead atoms. The van der Waals surface area contributed by atoms with Crippen LogP contribution in [-0.4, -0.2) is 18.3 Å². The second-order valence-corrected chi connectivity index (χ2v) is 7.28. The number of benzene rings is 2. The normalized spacial score (nSPS) is 18.8. The van der Waals surface area contributed by atoms with Gasteiger partial charge in [0.15, 0.2) is 0 Å². The first kappa shape index (κ1) is 18.8. The molecule has 3 rings (SSSR count). The van der Waals surface area contributed by atoms with Crippen LogP contribution in [0, 0.1) is 0 Å². The molecule has 3 nitrogen and oxygen atoms in total. The summed E-state index contributed by atoms with van der Waals surface area (Å²) in [6.45, 7) is 7.92. The van der Waals surface area contributed by atoms with Gasteiger partial charge in [-0.3, -0.25) is 0 Å². The number of ether oxygens (including phenoxy) is 1. The van der Waals surface area contributed by atoms with Gasteiger partial charge in [0.25, 0.3) is 0 Å². The van der Waals surface area contributed by atoms with Gasteiger partial charge in [0.2, 0.25) is 0 Å². The van der Waals surface area contributed by atoms with Crippen LogP contribution in [0.4, 0.5) is 13.2 Å². The second kappa shape index (κ2) is 6.32. The van der Waals surface area contributed by atoms with E-state index in [9.17, 15) is 13.2 Å². The van der Waals surface area contributed by atoms with Gasteiger partial charge in [-0.15, -0.1) is 0 Å². The van der Waals surface area contributed by atoms with Crippen LogP contribution in [0.2, 0.25) is 0 Å². The second-order valence-electron chi connectivity index (χ2n) is 7.28. The molecule has 7 heteroatoms. The lowest BCUT2D eigenvalue weighted by Crippen LogP contribution is -2.41. The van der Waals surface area contributed by atoms with Crippen LogP contribution in [0.5, 0.6) is 11.5 Å². The molecule has 0 N–H and O–H groups in total. The molecule has 0 aliphatic carbocycles. The number of hydrogen-bond donors (Lipinski definition) is 0. The summed E-state index contributed by atoms with van der Waals surface area (Å²) in [6, 6.07) is 11.7. The quantitative estimate of drug-likeness (QED) is 0.733. The summed E-state index contributed by atoms with van der Waals surface area (Å²) in [5, 5.41) is 0. The number of alkyl halides is 3. The van der Waals surface area contributed by atoms with E-state index in [0.29, 0.717) is 11.5 Å². The summed E-state index contributed by atoms with van der Waals surface area (Å²) < 4.78 is 55.3. The Labute approximate surface area is 151 Å². The molecule has 2 aromatic carbocycles. The van der Waals surface area contributed by atoms with Crippen LogP contribution in [0.1, 0.15) is 33.3 Å². The lowest BCUT2D eigenvalue weighted by atomic mass is 9.79. The highest BCUT2D eigenvalue weighted by Gasteiger charge is 2.51. The van der Waals surface area contributed by atoms with E-state index < -0.39 is 30.1 Å². The Hall–Kier alpha value is -1.99. The van der Waals surface area contributed by atoms with Crippen LogP contribution < -0.4 is 10.2 Å². The van der Waals surface area contributed by atoms with Gasteiger partial charge in [-0.2, -0.15) is 13.2 Å². The Balaban J connectivity index is 1.69. The molecule has 0 aromatic heterocycles. The van der Waals surface area contributed by atoms with Crippen LogP contribution in [-0.2, 0) is 15.5 Å². The van der Waals surface area contributed by atoms with E-state index >= 15 is 0 Å². The molecule has 0 saturated carbocycles. The zero-order valence-corrected chi connectivity index (χ0v) is 15.1. The average molecular weight is 364 g/mol. The van der Waals surface area contributed by atoms with Crippen molar-refractivity contribution < 1.29 is 27.2 Å². The summed E-state index contributed by atoms with van der Waals surface area (Å²) in [6.07, 6.45) is -4.36. The standard InChI is InChI=1S/C19H20BF3O3/c1-17(2)18(3,4)26-20(25-17)14-7-11-16(12-8-14)24-15-9-5-13(6-10-15)19(21,22)23/h5-12H,1-4H3. The Kier molecular flexibility index (Phi) is 4.57. The third kappa shape index (κ3) is 3.74. The SMILES string of the molecule is CC1(C)OB(c2ccc(Oc3ccc(C(F)(F)F)cc3)cc2)OC1(C)C. The summed E-state index contributed by atoms with van der Waals surface area (Å²) in [4.78, 5) is 0. The van der Waals surface area contributed by atoms with Crippen molar-refractivity contribution in [1.82, 2.24) is 0 Å². The van der Waals surface area contributed by atoms with Crippen molar-refractivity contribution in [3.8, 4) is 11.5 Å². The van der Waals surface area contributed by atoms with Crippen molar-refractivity contribution in [3.63, 3.8) is 0 Å². The zero-order chi connectivity index (χ0) is 19.2. The molecule has 1 saturated heterocycles. The lowest BCUT2D eigenvalue weighted by Gasteiger charge is -2.32. The summed E-state index contributed by atoms with van der Waals surface area (Å²) >= 11 is 0. The van der Waals surface area contributed by atoms with Crippen molar-refractivity contribution in [1.29, 1.82) is 0 Å². The Bertz CT molecular complexity index is 752. The first-order chi connectivity index (χ1) is 12.0. The predicted octanol–water partition coefficient (Wildman–Crippen LogP) is 4.80. The molecular weight excluding hydrogens is 344 g/mol. The number of hydrogen-bond acceptors (Lipinski definition) is 3. The summed E-state index contributed by atoms with van der Waals surface area (Å²) in [7, 11) is -0.472. The maximum Gasteiger partial charge on any atom is 0.494 e. The van der Waals surface area contributed by atoms with E-state index in [1.165, 1.54) is 12.1 Å². The van der Waals surface area contributed by atoms with Gasteiger partial charge in [-0.05, 0) is 69.6 Å². The predicted molar refractivity (Wildman–Crippen MR) is 93.7 cm³/mol. The van der Waals surface area contributed by atoms with Gasteiger partial charge in [0.1, 0.15) is 11.5 Å². The molecule has 2 aromatic rings. The van der Waals surface area contributed by atoms with Crippen LogP contribution >= 0.6 is 0 Å². The Morgan fingerprint density at radius 1 is 0.769 bits per heavy atom. The zero-order valence-electron chi connectivity index (χ0n) is 15.1. The molecule has 26 heavy (non-hydrogen) atoms. The molecule has 138 valence electrons. The Morgan fingerprint density at radius 2 is 1.19 bits per heavy atom. The van der Waals surface area contributed by atoms with Gasteiger partial charge in [0.05, 0.1) is 16.8 Å². The monoisotopic (exact) mass is 364 g/mol. The highest BCUT2D eigenvalue weighted by molar-refractivity contribution is 6.62. The minimum absolute atomic E-state index is 0.335. The van der Waals surface area contributed by atoms with Gasteiger partial charge in [-0.25, -0.2) is 0 Å². The Morgan fingerprint density at radius 3 is 1.62 bits per heavy atom. The summed E-state index contributed by atoms with van der Waals surface area (Å²) in [5.41, 5.74) is -0.704. The largest absolute Gasteiger partial charge is 0.494 e. The number of halogens is 3. The fourth-order valence-electron chi connectivity index (χ4n) is 2.52. The molecule has 1 fully saturated rings. The van der Waals surface area contributed by atoms with Crippen LogP contribution in [0.15, 0.2) is 48.5 Å². The maximum atomic E-state index is 12.6. The molecule has 0 atom stereocenters. The van der Waals surface area contributed by atoms with E-state index in [2.05, 4.69) is 0 Å². The lowest BCUT2D eigenvalue weighted by molar-refractivity contribution is -0.137. The van der Waals surface area contributed by atoms with Crippen LogP contribution in [0.3, 0.4) is 0 Å². The topological polar surface area (TPSA) is 27.7 Å². The van der Waals surface area contributed by atoms with E-state index in [-0.39, 0.29) is 0 Å². The molecule has 0 amide bonds. The van der Waals surface area contributed by atoms with Crippen molar-refractivity contribution in [2.75, 3.05) is 0 Å². The molecule has 0 spiro atoms. The first-order valence-electron chi connectivity index (χ1n) is 8.29. The van der Waals surface area contributed by atoms with E-state index in [1.807, 2.05) is 39.8 Å². The van der Waals surface area contributed by atoms with Crippen LogP contribution in [0.25, 0.3) is 0 Å². The molecular formula is C19H20BF3O3. The fraction of sp³-hybridized carbons (Fsp3) is 0.368. The minimum Gasteiger partial charge on any atom is -0.457 e. The maximum absolute atomic E-state index is 12.6. The molecule has 1 aliphatic rings. The number of rotatable bonds is 3. The van der Waals surface area contributed by atoms with E-state index in [4.69, 9.17) is 14.0 Å². The first-order valence-corrected chi connectivity index (χ1v) is 8.29. The molecule has 1 heterocycles. The van der Waals surface area contributed by atoms with Crippen molar-refractivity contribution in [2.24, 2.45) is 0 Å². The molecule has 0 radical (unpaired) electrons. The van der Waals surface area contributed by atoms with Crippen molar-refractivity contribution in [3.05, 3.63) is 54.1 Å². The minimum atomic E-state index is -4.36. The molecule has 0 unspecified atom stereocenters. The third-order valence-corrected chi connectivity index (χ3v) is 4.82. The van der Waals surface area contributed by atoms with E-state index in [1.54, 1.807) is 12.1 Å². The smallest absolute Gasteiger partial charge is 0.457 e. The van der Waals surface area contributed by atoms with Crippen molar-refractivity contribution in [2.45, 2.75) is 45.1 Å². The summed E-state index contributed by atoms with van der Waals surface area (Å²) in [5.74, 6) is 0.853. The average Bonchev–Trinajstić information content (AvgIpc) is 2.76. The highest BCUT2D eigenvalue weighted by atomic mass is 19.4. The van der Waals surface area contributed by atoms with Gasteiger partial charge >= 0.3 is 13.3 Å². The van der Waals surface area contributed by atoms with Gasteiger partial charge in [0, 0.05) is 0 Å². The molecule has 1 aliphatic heterocycles. The highest BCUT2D eigenvalue weighted by Crippen LogP contribution is 2.36. The van der Waals surface area contributed by atoms with E-state index in [0.717, 1.165) is 17.6 Å². The van der Waals surface area contributed by atoms with Gasteiger partial charge < -0.3 is 14.0 Å². The van der Waals surface area contributed by atoms with Gasteiger partial charge in [-0.1, -0.05) is 12.1 Å². The fourth-order valence-corrected chi connectivity index (χ4v) is 2.52. The third-order valence-electron chi connectivity index (χ3n) is 4.82.